The SMILES string of the molecule is Cc1cn([C@H]2CO[C@@H](CO)[C@@H]2O)c(=O)[nH]c1=O. The van der Waals surface area contributed by atoms with Gasteiger partial charge in [-0.1, -0.05) is 0 Å². The number of hydrogen-bond acceptors (Lipinski definition) is 5. The lowest BCUT2D eigenvalue weighted by atomic mass is 10.1. The predicted octanol–water partition coefficient (Wildman–Crippen LogP) is -1.86. The topological polar surface area (TPSA) is 105 Å². The van der Waals surface area contributed by atoms with Gasteiger partial charge in [0.25, 0.3) is 5.56 Å². The van der Waals surface area contributed by atoms with E-state index in [-0.39, 0.29) is 13.2 Å². The first-order chi connectivity index (χ1) is 8.04. The van der Waals surface area contributed by atoms with Gasteiger partial charge in [0.15, 0.2) is 0 Å². The van der Waals surface area contributed by atoms with Crippen molar-refractivity contribution in [1.82, 2.24) is 9.55 Å². The van der Waals surface area contributed by atoms with Crippen molar-refractivity contribution in [2.45, 2.75) is 25.2 Å². The Morgan fingerprint density at radius 2 is 2.29 bits per heavy atom. The largest absolute Gasteiger partial charge is 0.394 e. The van der Waals surface area contributed by atoms with Crippen LogP contribution in [0.5, 0.6) is 0 Å². The fourth-order valence-electron chi connectivity index (χ4n) is 1.91. The third-order valence-electron chi connectivity index (χ3n) is 2.94. The lowest BCUT2D eigenvalue weighted by molar-refractivity contribution is 0.00188. The Bertz CT molecular complexity index is 520. The molecule has 0 unspecified atom stereocenters. The number of aliphatic hydroxyl groups is 2. The number of nitrogens with one attached hydrogen (secondary N) is 1. The molecule has 94 valence electrons. The van der Waals surface area contributed by atoms with Gasteiger partial charge in [0.05, 0.1) is 19.3 Å². The summed E-state index contributed by atoms with van der Waals surface area (Å²) in [6.07, 6.45) is -0.278. The van der Waals surface area contributed by atoms with Crippen LogP contribution in [0.3, 0.4) is 0 Å². The van der Waals surface area contributed by atoms with Gasteiger partial charge in [-0.3, -0.25) is 14.3 Å². The summed E-state index contributed by atoms with van der Waals surface area (Å²) in [7, 11) is 0. The summed E-state index contributed by atoms with van der Waals surface area (Å²) >= 11 is 0. The number of aryl methyl sites for hydroxylation is 1. The van der Waals surface area contributed by atoms with Crippen molar-refractivity contribution >= 4 is 0 Å². The van der Waals surface area contributed by atoms with Gasteiger partial charge in [-0.15, -0.1) is 0 Å². The Balaban J connectivity index is 2.39. The second-order valence-corrected chi connectivity index (χ2v) is 4.09. The number of rotatable bonds is 2. The van der Waals surface area contributed by atoms with Crippen LogP contribution in [0.1, 0.15) is 11.6 Å². The first-order valence-corrected chi connectivity index (χ1v) is 5.27. The van der Waals surface area contributed by atoms with Crippen LogP contribution < -0.4 is 11.2 Å². The molecule has 0 bridgehead atoms. The molecule has 0 radical (unpaired) electrons. The summed E-state index contributed by atoms with van der Waals surface area (Å²) in [5, 5.41) is 18.8. The number of hydrogen-bond donors (Lipinski definition) is 3. The highest BCUT2D eigenvalue weighted by Gasteiger charge is 2.37. The number of H-pyrrole nitrogens is 1. The molecule has 1 aromatic heterocycles. The van der Waals surface area contributed by atoms with E-state index in [0.717, 1.165) is 0 Å². The van der Waals surface area contributed by atoms with Crippen molar-refractivity contribution in [2.24, 2.45) is 0 Å². The highest BCUT2D eigenvalue weighted by atomic mass is 16.5. The van der Waals surface area contributed by atoms with Gasteiger partial charge in [0, 0.05) is 11.8 Å². The van der Waals surface area contributed by atoms with Crippen LogP contribution >= 0.6 is 0 Å². The van der Waals surface area contributed by atoms with E-state index in [2.05, 4.69) is 4.98 Å². The number of ether oxygens (including phenoxy) is 1. The molecule has 3 N–H and O–H groups in total. The van der Waals surface area contributed by atoms with E-state index >= 15 is 0 Å². The normalized spacial score (nSPS) is 28.5. The van der Waals surface area contributed by atoms with Crippen LogP contribution in [0.15, 0.2) is 15.8 Å². The minimum atomic E-state index is -0.969. The highest BCUT2D eigenvalue weighted by molar-refractivity contribution is 5.03. The number of aromatic nitrogens is 2. The van der Waals surface area contributed by atoms with E-state index in [1.807, 2.05) is 0 Å². The molecule has 0 aromatic carbocycles. The lowest BCUT2D eigenvalue weighted by Crippen LogP contribution is -2.39. The predicted molar refractivity (Wildman–Crippen MR) is 57.9 cm³/mol. The Morgan fingerprint density at radius 1 is 1.59 bits per heavy atom. The van der Waals surface area contributed by atoms with Gasteiger partial charge >= 0.3 is 5.69 Å². The molecule has 1 saturated heterocycles. The Hall–Kier alpha value is -1.44. The van der Waals surface area contributed by atoms with Crippen LogP contribution in [0, 0.1) is 6.92 Å². The van der Waals surface area contributed by atoms with Crippen LogP contribution in [0.25, 0.3) is 0 Å². The fraction of sp³-hybridized carbons (Fsp3) is 0.600. The quantitative estimate of drug-likeness (QED) is 0.564. The zero-order valence-corrected chi connectivity index (χ0v) is 9.29. The van der Waals surface area contributed by atoms with E-state index in [9.17, 15) is 14.7 Å². The molecule has 0 aliphatic carbocycles. The molecular weight excluding hydrogens is 228 g/mol. The maximum atomic E-state index is 11.6. The average Bonchev–Trinajstić information content (AvgIpc) is 2.65. The molecule has 1 aliphatic heterocycles. The highest BCUT2D eigenvalue weighted by Crippen LogP contribution is 2.23. The molecule has 0 amide bonds. The summed E-state index contributed by atoms with van der Waals surface area (Å²) in [5.74, 6) is 0. The first-order valence-electron chi connectivity index (χ1n) is 5.27. The van der Waals surface area contributed by atoms with Crippen LogP contribution in [0.4, 0.5) is 0 Å². The van der Waals surface area contributed by atoms with E-state index in [4.69, 9.17) is 9.84 Å². The van der Waals surface area contributed by atoms with Gasteiger partial charge < -0.3 is 14.9 Å². The van der Waals surface area contributed by atoms with E-state index in [1.54, 1.807) is 6.92 Å². The molecule has 0 saturated carbocycles. The standard InChI is InChI=1S/C10H14N2O5/c1-5-2-12(10(16)11-9(5)15)6-4-17-7(3-13)8(6)14/h2,6-8,13-14H,3-4H2,1H3,(H,11,15,16)/t6-,7-,8+/m0/s1. The second kappa shape index (κ2) is 4.44. The van der Waals surface area contributed by atoms with E-state index in [1.165, 1.54) is 10.8 Å². The van der Waals surface area contributed by atoms with Gasteiger partial charge in [-0.05, 0) is 6.92 Å². The van der Waals surface area contributed by atoms with Crippen LogP contribution in [-0.4, -0.2) is 45.2 Å². The van der Waals surface area contributed by atoms with Crippen LogP contribution in [0.2, 0.25) is 0 Å². The zero-order valence-electron chi connectivity index (χ0n) is 9.29. The van der Waals surface area contributed by atoms with Crippen molar-refractivity contribution in [1.29, 1.82) is 0 Å². The molecule has 3 atom stereocenters. The van der Waals surface area contributed by atoms with Crippen molar-refractivity contribution < 1.29 is 14.9 Å². The first kappa shape index (κ1) is 12.0. The van der Waals surface area contributed by atoms with Gasteiger partial charge in [0.1, 0.15) is 12.2 Å². The summed E-state index contributed by atoms with van der Waals surface area (Å²) < 4.78 is 6.39. The average molecular weight is 242 g/mol. The third-order valence-corrected chi connectivity index (χ3v) is 2.94. The van der Waals surface area contributed by atoms with Gasteiger partial charge in [-0.2, -0.15) is 0 Å². The molecule has 2 heterocycles. The number of aromatic amines is 1. The van der Waals surface area contributed by atoms with E-state index in [0.29, 0.717) is 5.56 Å². The molecule has 7 heteroatoms. The Morgan fingerprint density at radius 3 is 2.88 bits per heavy atom. The monoisotopic (exact) mass is 242 g/mol. The summed E-state index contributed by atoms with van der Waals surface area (Å²) in [4.78, 5) is 25.0. The summed E-state index contributed by atoms with van der Waals surface area (Å²) in [5.41, 5.74) is -0.658. The lowest BCUT2D eigenvalue weighted by Gasteiger charge is -2.17. The number of nitrogens with zero attached hydrogens (tertiary/aromatic N) is 1. The molecule has 1 aromatic rings. The smallest absolute Gasteiger partial charge is 0.328 e. The van der Waals surface area contributed by atoms with E-state index < -0.39 is 29.5 Å². The molecular formula is C10H14N2O5. The van der Waals surface area contributed by atoms with Crippen LogP contribution in [-0.2, 0) is 4.74 Å². The summed E-state index contributed by atoms with van der Waals surface area (Å²) in [6, 6.07) is -0.588. The van der Waals surface area contributed by atoms with Crippen molar-refractivity contribution in [3.63, 3.8) is 0 Å². The summed E-state index contributed by atoms with van der Waals surface area (Å²) in [6.45, 7) is 1.38. The van der Waals surface area contributed by atoms with Gasteiger partial charge in [-0.25, -0.2) is 4.79 Å². The molecule has 1 fully saturated rings. The fourth-order valence-corrected chi connectivity index (χ4v) is 1.91. The molecule has 1 aliphatic rings. The molecule has 7 nitrogen and oxygen atoms in total. The van der Waals surface area contributed by atoms with Crippen molar-refractivity contribution in [3.8, 4) is 0 Å². The van der Waals surface area contributed by atoms with Gasteiger partial charge in [0.2, 0.25) is 0 Å². The molecule has 0 spiro atoms. The maximum Gasteiger partial charge on any atom is 0.328 e. The third kappa shape index (κ3) is 2.04. The zero-order chi connectivity index (χ0) is 12.6. The minimum absolute atomic E-state index is 0.123. The van der Waals surface area contributed by atoms with Crippen molar-refractivity contribution in [3.05, 3.63) is 32.6 Å². The Labute approximate surface area is 96.3 Å². The Kier molecular flexibility index (Phi) is 3.14. The number of aliphatic hydroxyl groups excluding tert-OH is 2. The maximum absolute atomic E-state index is 11.6. The van der Waals surface area contributed by atoms with Crippen molar-refractivity contribution in [2.75, 3.05) is 13.2 Å². The molecule has 17 heavy (non-hydrogen) atoms. The second-order valence-electron chi connectivity index (χ2n) is 4.09. The molecule has 2 rings (SSSR count). The minimum Gasteiger partial charge on any atom is -0.394 e.